The molecular formula is C4H6BrNO2. The molecule has 3 nitrogen and oxygen atoms in total. The van der Waals surface area contributed by atoms with E-state index in [4.69, 9.17) is 0 Å². The number of hydroxylamine groups is 2. The highest BCUT2D eigenvalue weighted by Crippen LogP contribution is 2.23. The summed E-state index contributed by atoms with van der Waals surface area (Å²) < 4.78 is -0.840. The van der Waals surface area contributed by atoms with E-state index in [-0.39, 0.29) is 5.91 Å². The summed E-state index contributed by atoms with van der Waals surface area (Å²) >= 11 is 2.74. The van der Waals surface area contributed by atoms with Crippen LogP contribution in [0.4, 0.5) is 0 Å². The Labute approximate surface area is 55.8 Å². The molecule has 1 atom stereocenters. The van der Waals surface area contributed by atoms with Gasteiger partial charge in [0.25, 0.3) is 0 Å². The molecule has 1 unspecified atom stereocenters. The minimum absolute atomic E-state index is 0.259. The fraction of sp³-hybridized carbons (Fsp3) is 0.750. The van der Waals surface area contributed by atoms with Gasteiger partial charge in [0.1, 0.15) is 0 Å². The Morgan fingerprint density at radius 1 is 1.75 bits per heavy atom. The molecule has 0 radical (unpaired) electrons. The highest BCUT2D eigenvalue weighted by Gasteiger charge is 2.31. The minimum atomic E-state index is -0.840. The van der Waals surface area contributed by atoms with E-state index in [1.54, 1.807) is 0 Å². The molecule has 1 amide bonds. The first-order valence-electron chi connectivity index (χ1n) is 2.45. The lowest BCUT2D eigenvalue weighted by atomic mass is 10.4. The molecule has 1 fully saturated rings. The Kier molecular flexibility index (Phi) is 1.38. The first-order valence-corrected chi connectivity index (χ1v) is 3.16. The van der Waals surface area contributed by atoms with Crippen LogP contribution in [0.3, 0.4) is 0 Å². The zero-order chi connectivity index (χ0) is 6.20. The normalized spacial score (nSPS) is 38.5. The zero-order valence-corrected chi connectivity index (χ0v) is 5.85. The number of nitrogens with zero attached hydrogens (tertiary/aromatic N) is 1. The Balaban J connectivity index is 2.68. The van der Waals surface area contributed by atoms with Crippen LogP contribution in [0.1, 0.15) is 12.8 Å². The van der Waals surface area contributed by atoms with E-state index in [2.05, 4.69) is 16.1 Å². The van der Waals surface area contributed by atoms with Gasteiger partial charge in [-0.3, -0.25) is 0 Å². The monoisotopic (exact) mass is 179 g/mol. The predicted molar refractivity (Wildman–Crippen MR) is 31.7 cm³/mol. The second-order valence-corrected chi connectivity index (χ2v) is 3.02. The lowest BCUT2D eigenvalue weighted by molar-refractivity contribution is -0.630. The number of carbonyl (C=O) groups excluding carboxylic acids is 1. The second kappa shape index (κ2) is 1.79. The van der Waals surface area contributed by atoms with Crippen LogP contribution in [0.2, 0.25) is 0 Å². The van der Waals surface area contributed by atoms with Gasteiger partial charge in [-0.15, -0.1) is 0 Å². The third-order valence-electron chi connectivity index (χ3n) is 1.21. The average molecular weight is 180 g/mol. The predicted octanol–water partition coefficient (Wildman–Crippen LogP) is 0.931. The van der Waals surface area contributed by atoms with Crippen molar-refractivity contribution in [3.63, 3.8) is 0 Å². The van der Waals surface area contributed by atoms with E-state index in [0.717, 1.165) is 0 Å². The van der Waals surface area contributed by atoms with E-state index in [0.29, 0.717) is 19.4 Å². The fourth-order valence-electron chi connectivity index (χ4n) is 0.725. The number of carbonyl (C=O) groups is 1. The van der Waals surface area contributed by atoms with Crippen LogP contribution in [-0.4, -0.2) is 16.1 Å². The molecule has 8 heavy (non-hydrogen) atoms. The third kappa shape index (κ3) is 0.913. The Bertz CT molecular complexity index is 123. The van der Waals surface area contributed by atoms with Gasteiger partial charge in [-0.05, 0) is 0 Å². The Morgan fingerprint density at radius 2 is 2.38 bits per heavy atom. The molecule has 1 heterocycles. The first kappa shape index (κ1) is 6.19. The average Bonchev–Trinajstić information content (AvgIpc) is 1.86. The van der Waals surface area contributed by atoms with Crippen LogP contribution in [0.15, 0.2) is 0 Å². The van der Waals surface area contributed by atoms with Crippen molar-refractivity contribution < 1.29 is 8.47 Å². The molecule has 1 rings (SSSR count). The summed E-state index contributed by atoms with van der Waals surface area (Å²) in [6.07, 6.45) is 1.14. The zero-order valence-electron chi connectivity index (χ0n) is 4.26. The van der Waals surface area contributed by atoms with Gasteiger partial charge in [-0.25, -0.2) is 8.47 Å². The number of amides is 1. The van der Waals surface area contributed by atoms with Crippen molar-refractivity contribution in [2.75, 3.05) is 6.54 Å². The summed E-state index contributed by atoms with van der Waals surface area (Å²) in [6.45, 7) is 0.388. The molecule has 0 N–H and O–H groups in total. The van der Waals surface area contributed by atoms with Gasteiger partial charge in [-0.1, -0.05) is 0 Å². The lowest BCUT2D eigenvalue weighted by Crippen LogP contribution is -2.30. The van der Waals surface area contributed by atoms with Crippen molar-refractivity contribution in [1.29, 1.82) is 0 Å². The van der Waals surface area contributed by atoms with Gasteiger partial charge in [-0.2, -0.15) is 0 Å². The summed E-state index contributed by atoms with van der Waals surface area (Å²) in [5, 5.41) is 10.7. The van der Waals surface area contributed by atoms with E-state index in [1.807, 2.05) is 0 Å². The Morgan fingerprint density at radius 3 is 2.50 bits per heavy atom. The number of hydrogen-bond donors (Lipinski definition) is 0. The highest BCUT2D eigenvalue weighted by molar-refractivity contribution is 9.05. The van der Waals surface area contributed by atoms with E-state index >= 15 is 0 Å². The molecule has 0 saturated carbocycles. The molecule has 1 aliphatic rings. The molecule has 0 aromatic rings. The molecular weight excluding hydrogens is 174 g/mol. The molecule has 0 spiro atoms. The van der Waals surface area contributed by atoms with Gasteiger partial charge in [0.05, 0.1) is 13.0 Å². The van der Waals surface area contributed by atoms with Crippen LogP contribution >= 0.6 is 16.1 Å². The van der Waals surface area contributed by atoms with Crippen LogP contribution in [0.5, 0.6) is 0 Å². The molecule has 0 bridgehead atoms. The van der Waals surface area contributed by atoms with Crippen LogP contribution < -0.4 is 0 Å². The number of quaternary nitrogens is 1. The summed E-state index contributed by atoms with van der Waals surface area (Å²) in [5.74, 6) is -0.259. The number of hydrogen-bond acceptors (Lipinski definition) is 2. The topological polar surface area (TPSA) is 40.1 Å². The van der Waals surface area contributed by atoms with Gasteiger partial charge in [0.15, 0.2) is 0 Å². The second-order valence-electron chi connectivity index (χ2n) is 1.87. The van der Waals surface area contributed by atoms with Gasteiger partial charge < -0.3 is 5.21 Å². The summed E-state index contributed by atoms with van der Waals surface area (Å²) in [6, 6.07) is 0. The van der Waals surface area contributed by atoms with Crippen molar-refractivity contribution in [2.24, 2.45) is 0 Å². The molecule has 1 aliphatic heterocycles. The first-order chi connectivity index (χ1) is 3.63. The number of halogens is 1. The molecule has 1 saturated heterocycles. The molecule has 0 aliphatic carbocycles. The van der Waals surface area contributed by atoms with Gasteiger partial charge >= 0.3 is 5.91 Å². The van der Waals surface area contributed by atoms with Crippen molar-refractivity contribution in [3.8, 4) is 0 Å². The van der Waals surface area contributed by atoms with Gasteiger partial charge in [0.2, 0.25) is 16.1 Å². The Hall–Kier alpha value is 0.0700. The standard InChI is InChI=1S/C4H6BrNO2/c5-6(8)3-1-2-4(6)7/h1-3H2. The maximum absolute atomic E-state index is 10.7. The van der Waals surface area contributed by atoms with Crippen molar-refractivity contribution >= 4 is 22.1 Å². The quantitative estimate of drug-likeness (QED) is 0.411. The number of rotatable bonds is 0. The van der Waals surface area contributed by atoms with E-state index in [1.165, 1.54) is 0 Å². The molecule has 0 aromatic heterocycles. The minimum Gasteiger partial charge on any atom is -0.614 e. The summed E-state index contributed by atoms with van der Waals surface area (Å²) in [4.78, 5) is 10.5. The fourth-order valence-corrected chi connectivity index (χ4v) is 1.15. The third-order valence-corrected chi connectivity index (χ3v) is 1.96. The SMILES string of the molecule is O=C1CCC[N+]1([O-])Br. The van der Waals surface area contributed by atoms with Crippen molar-refractivity contribution in [3.05, 3.63) is 5.21 Å². The van der Waals surface area contributed by atoms with Crippen LogP contribution in [0, 0.1) is 5.21 Å². The van der Waals surface area contributed by atoms with Crippen LogP contribution in [-0.2, 0) is 4.79 Å². The van der Waals surface area contributed by atoms with Crippen molar-refractivity contribution in [1.82, 2.24) is 0 Å². The largest absolute Gasteiger partial charge is 0.614 e. The van der Waals surface area contributed by atoms with Crippen molar-refractivity contribution in [2.45, 2.75) is 12.8 Å². The van der Waals surface area contributed by atoms with E-state index in [9.17, 15) is 10.0 Å². The highest BCUT2D eigenvalue weighted by atomic mass is 79.9. The molecule has 4 heteroatoms. The summed E-state index contributed by atoms with van der Waals surface area (Å²) in [5.41, 5.74) is 0. The lowest BCUT2D eigenvalue weighted by Gasteiger charge is -2.24. The summed E-state index contributed by atoms with van der Waals surface area (Å²) in [7, 11) is 0. The maximum Gasteiger partial charge on any atom is 0.324 e. The smallest absolute Gasteiger partial charge is 0.324 e. The van der Waals surface area contributed by atoms with Crippen LogP contribution in [0.25, 0.3) is 0 Å². The maximum atomic E-state index is 10.7. The molecule has 0 aromatic carbocycles. The van der Waals surface area contributed by atoms with E-state index < -0.39 is 3.67 Å². The van der Waals surface area contributed by atoms with Gasteiger partial charge in [0, 0.05) is 6.42 Å². The molecule has 46 valence electrons.